The van der Waals surface area contributed by atoms with E-state index >= 15 is 0 Å². The van der Waals surface area contributed by atoms with Crippen LogP contribution < -0.4 is 5.32 Å². The zero-order valence-corrected chi connectivity index (χ0v) is 15.2. The van der Waals surface area contributed by atoms with Crippen LogP contribution in [-0.2, 0) is 19.1 Å². The lowest BCUT2D eigenvalue weighted by Gasteiger charge is -2.21. The molecule has 0 saturated carbocycles. The number of esters is 2. The van der Waals surface area contributed by atoms with Crippen molar-refractivity contribution in [2.45, 2.75) is 26.3 Å². The highest BCUT2D eigenvalue weighted by Crippen LogP contribution is 2.18. The van der Waals surface area contributed by atoms with Crippen LogP contribution in [0.3, 0.4) is 0 Å². The van der Waals surface area contributed by atoms with Gasteiger partial charge in [0.2, 0.25) is 0 Å². The predicted molar refractivity (Wildman–Crippen MR) is 87.8 cm³/mol. The summed E-state index contributed by atoms with van der Waals surface area (Å²) >= 11 is 3.11. The van der Waals surface area contributed by atoms with Gasteiger partial charge in [-0.25, -0.2) is 14.0 Å². The zero-order valence-electron chi connectivity index (χ0n) is 13.6. The number of amides is 1. The number of methoxy groups -OCH3 is 1. The Morgan fingerprint density at radius 2 is 2.00 bits per heavy atom. The molecule has 0 fully saturated rings. The fourth-order valence-corrected chi connectivity index (χ4v) is 2.28. The van der Waals surface area contributed by atoms with Crippen molar-refractivity contribution in [3.8, 4) is 0 Å². The number of benzene rings is 1. The van der Waals surface area contributed by atoms with Crippen LogP contribution in [0.1, 0.15) is 30.6 Å². The average Bonchev–Trinajstić information content (AvgIpc) is 2.58. The Balaban J connectivity index is 2.66. The van der Waals surface area contributed by atoms with E-state index in [2.05, 4.69) is 26.0 Å². The molecule has 0 unspecified atom stereocenters. The molecule has 1 aromatic rings. The molecule has 2 atom stereocenters. The van der Waals surface area contributed by atoms with Crippen LogP contribution >= 0.6 is 15.9 Å². The molecular weight excluding hydrogens is 385 g/mol. The molecule has 1 amide bonds. The Kier molecular flexibility index (Phi) is 7.84. The first-order chi connectivity index (χ1) is 11.3. The van der Waals surface area contributed by atoms with Gasteiger partial charge in [-0.05, 0) is 40.0 Å². The number of hydrogen-bond donors (Lipinski definition) is 1. The molecule has 0 aromatic heterocycles. The molecule has 0 spiro atoms. The minimum atomic E-state index is -0.852. The van der Waals surface area contributed by atoms with Crippen LogP contribution in [0.15, 0.2) is 22.7 Å². The van der Waals surface area contributed by atoms with Gasteiger partial charge in [0.1, 0.15) is 11.9 Å². The van der Waals surface area contributed by atoms with E-state index in [4.69, 9.17) is 4.74 Å². The second-order valence-electron chi connectivity index (χ2n) is 5.15. The van der Waals surface area contributed by atoms with Crippen molar-refractivity contribution >= 4 is 33.8 Å². The lowest BCUT2D eigenvalue weighted by Crippen LogP contribution is -2.47. The Morgan fingerprint density at radius 3 is 2.58 bits per heavy atom. The lowest BCUT2D eigenvalue weighted by molar-refractivity contribution is -0.147. The van der Waals surface area contributed by atoms with E-state index in [1.165, 1.54) is 19.2 Å². The molecule has 0 heterocycles. The van der Waals surface area contributed by atoms with Gasteiger partial charge in [-0.15, -0.1) is 0 Å². The number of rotatable bonds is 7. The molecule has 0 bridgehead atoms. The number of carbonyl (C=O) groups is 3. The molecule has 1 N–H and O–H groups in total. The molecule has 0 radical (unpaired) electrons. The van der Waals surface area contributed by atoms with Gasteiger partial charge in [-0.2, -0.15) is 0 Å². The maximum absolute atomic E-state index is 13.2. The van der Waals surface area contributed by atoms with Crippen molar-refractivity contribution in [1.82, 2.24) is 5.32 Å². The van der Waals surface area contributed by atoms with Crippen LogP contribution in [0.4, 0.5) is 4.39 Å². The molecule has 0 aliphatic carbocycles. The monoisotopic (exact) mass is 403 g/mol. The summed E-state index contributed by atoms with van der Waals surface area (Å²) in [7, 11) is 1.23. The molecule has 132 valence electrons. The van der Waals surface area contributed by atoms with E-state index in [1.807, 2.05) is 6.92 Å². The quantitative estimate of drug-likeness (QED) is 0.707. The van der Waals surface area contributed by atoms with Crippen molar-refractivity contribution in [2.24, 2.45) is 5.92 Å². The first kappa shape index (κ1) is 20.1. The first-order valence-corrected chi connectivity index (χ1v) is 8.08. The van der Waals surface area contributed by atoms with Crippen LogP contribution in [0, 0.1) is 11.7 Å². The van der Waals surface area contributed by atoms with Crippen molar-refractivity contribution < 1.29 is 28.2 Å². The summed E-state index contributed by atoms with van der Waals surface area (Å²) in [6.45, 7) is 3.07. The number of ether oxygens (including phenoxy) is 2. The summed E-state index contributed by atoms with van der Waals surface area (Å²) in [6.07, 6.45) is 0.649. The average molecular weight is 404 g/mol. The Hall–Kier alpha value is -1.96. The molecule has 0 aliphatic rings. The normalized spacial score (nSPS) is 12.9. The number of hydrogen-bond acceptors (Lipinski definition) is 5. The van der Waals surface area contributed by atoms with Crippen LogP contribution in [0.5, 0.6) is 0 Å². The number of halogens is 2. The fourth-order valence-electron chi connectivity index (χ4n) is 1.87. The molecule has 0 saturated heterocycles. The first-order valence-electron chi connectivity index (χ1n) is 7.29. The minimum absolute atomic E-state index is 0.0331. The highest BCUT2D eigenvalue weighted by atomic mass is 79.9. The van der Waals surface area contributed by atoms with Gasteiger partial charge in [0.25, 0.3) is 5.91 Å². The third kappa shape index (κ3) is 5.59. The molecule has 8 heteroatoms. The van der Waals surface area contributed by atoms with Gasteiger partial charge in [-0.1, -0.05) is 20.3 Å². The molecule has 1 rings (SSSR count). The van der Waals surface area contributed by atoms with Crippen LogP contribution in [0.25, 0.3) is 0 Å². The topological polar surface area (TPSA) is 81.7 Å². The summed E-state index contributed by atoms with van der Waals surface area (Å²) in [5.41, 5.74) is -0.0331. The van der Waals surface area contributed by atoms with Crippen molar-refractivity contribution in [3.63, 3.8) is 0 Å². The molecule has 0 aliphatic heterocycles. The third-order valence-corrected chi connectivity index (χ3v) is 4.16. The predicted octanol–water partition coefficient (Wildman–Crippen LogP) is 2.45. The maximum atomic E-state index is 13.2. The Bertz CT molecular complexity index is 622. The molecular formula is C16H19BrFNO5. The largest absolute Gasteiger partial charge is 0.467 e. The molecule has 1 aromatic carbocycles. The van der Waals surface area contributed by atoms with E-state index in [0.717, 1.165) is 6.07 Å². The van der Waals surface area contributed by atoms with Gasteiger partial charge >= 0.3 is 11.9 Å². The van der Waals surface area contributed by atoms with Crippen molar-refractivity contribution in [3.05, 3.63) is 34.1 Å². The fraction of sp³-hybridized carbons (Fsp3) is 0.438. The van der Waals surface area contributed by atoms with E-state index in [0.29, 0.717) is 10.9 Å². The second kappa shape index (κ2) is 9.36. The summed E-state index contributed by atoms with van der Waals surface area (Å²) in [5, 5.41) is 2.47. The summed E-state index contributed by atoms with van der Waals surface area (Å²) in [4.78, 5) is 35.5. The number of nitrogens with one attached hydrogen (secondary N) is 1. The highest BCUT2D eigenvalue weighted by molar-refractivity contribution is 9.10. The summed E-state index contributed by atoms with van der Waals surface area (Å²) in [5.74, 6) is -2.82. The third-order valence-electron chi connectivity index (χ3n) is 3.47. The molecule has 6 nitrogen and oxygen atoms in total. The molecule has 24 heavy (non-hydrogen) atoms. The van der Waals surface area contributed by atoms with Gasteiger partial charge in [0.15, 0.2) is 6.61 Å². The van der Waals surface area contributed by atoms with Crippen molar-refractivity contribution in [2.75, 3.05) is 13.7 Å². The van der Waals surface area contributed by atoms with Gasteiger partial charge in [0, 0.05) is 4.47 Å². The van der Waals surface area contributed by atoms with Crippen LogP contribution in [0.2, 0.25) is 0 Å². The van der Waals surface area contributed by atoms with E-state index < -0.39 is 36.3 Å². The lowest BCUT2D eigenvalue weighted by atomic mass is 9.99. The van der Waals surface area contributed by atoms with Gasteiger partial charge < -0.3 is 14.8 Å². The van der Waals surface area contributed by atoms with Gasteiger partial charge in [-0.3, -0.25) is 4.79 Å². The van der Waals surface area contributed by atoms with Gasteiger partial charge in [0.05, 0.1) is 12.7 Å². The summed E-state index contributed by atoms with van der Waals surface area (Å²) < 4.78 is 23.0. The van der Waals surface area contributed by atoms with Crippen molar-refractivity contribution in [1.29, 1.82) is 0 Å². The van der Waals surface area contributed by atoms with E-state index in [1.54, 1.807) is 6.92 Å². The Morgan fingerprint density at radius 1 is 1.33 bits per heavy atom. The Labute approximate surface area is 147 Å². The summed E-state index contributed by atoms with van der Waals surface area (Å²) in [6, 6.07) is 2.72. The zero-order chi connectivity index (χ0) is 18.3. The SMILES string of the molecule is CC[C@@H](C)[C@H](NC(=O)COC(=O)c1cc(F)ccc1Br)C(=O)OC. The minimum Gasteiger partial charge on any atom is -0.467 e. The van der Waals surface area contributed by atoms with E-state index in [-0.39, 0.29) is 11.5 Å². The number of carbonyl (C=O) groups excluding carboxylic acids is 3. The smallest absolute Gasteiger partial charge is 0.339 e. The van der Waals surface area contributed by atoms with Crippen LogP contribution in [-0.4, -0.2) is 37.6 Å². The highest BCUT2D eigenvalue weighted by Gasteiger charge is 2.27. The standard InChI is InChI=1S/C16H19BrFNO5/c1-4-9(2)14(16(22)23-3)19-13(20)8-24-15(21)11-7-10(18)5-6-12(11)17/h5-7,9,14H,4,8H2,1-3H3,(H,19,20)/t9-,14+/m1/s1. The van der Waals surface area contributed by atoms with E-state index in [9.17, 15) is 18.8 Å². The second-order valence-corrected chi connectivity index (χ2v) is 6.01. The maximum Gasteiger partial charge on any atom is 0.339 e.